The zero-order valence-electron chi connectivity index (χ0n) is 14.0. The number of piperidine rings is 1. The highest BCUT2D eigenvalue weighted by atomic mass is 16.2. The normalized spacial score (nSPS) is 24.6. The molecule has 1 aromatic carbocycles. The molecule has 1 saturated heterocycles. The van der Waals surface area contributed by atoms with Crippen LogP contribution in [0.2, 0.25) is 0 Å². The smallest absolute Gasteiger partial charge is 0.258 e. The first-order valence-corrected chi connectivity index (χ1v) is 8.51. The van der Waals surface area contributed by atoms with Crippen LogP contribution in [0.5, 0.6) is 0 Å². The van der Waals surface area contributed by atoms with E-state index in [0.717, 1.165) is 37.2 Å². The molecule has 124 valence electrons. The molecule has 0 saturated carbocycles. The van der Waals surface area contributed by atoms with Gasteiger partial charge in [0.25, 0.3) is 5.91 Å². The summed E-state index contributed by atoms with van der Waals surface area (Å²) in [6.45, 7) is 6.60. The number of nitrogens with one attached hydrogen (secondary N) is 1. The molecular formula is C18H25N3O2. The fraction of sp³-hybridized carbons (Fsp3) is 0.556. The van der Waals surface area contributed by atoms with Gasteiger partial charge in [0.1, 0.15) is 0 Å². The Morgan fingerprint density at radius 1 is 1.22 bits per heavy atom. The number of carbonyl (C=O) groups is 2. The van der Waals surface area contributed by atoms with E-state index in [4.69, 9.17) is 0 Å². The van der Waals surface area contributed by atoms with Gasteiger partial charge in [-0.25, -0.2) is 0 Å². The Kier molecular flexibility index (Phi) is 4.39. The van der Waals surface area contributed by atoms with E-state index in [2.05, 4.69) is 10.2 Å². The number of amides is 2. The van der Waals surface area contributed by atoms with Gasteiger partial charge < -0.3 is 15.1 Å². The summed E-state index contributed by atoms with van der Waals surface area (Å²) in [5, 5.41) is 3.00. The van der Waals surface area contributed by atoms with Crippen molar-refractivity contribution >= 4 is 17.5 Å². The van der Waals surface area contributed by atoms with Crippen LogP contribution < -0.4 is 10.2 Å². The summed E-state index contributed by atoms with van der Waals surface area (Å²) < 4.78 is 0. The maximum atomic E-state index is 13.2. The standard InChI is InChI=1S/C18H25N3O2/c1-3-21-16-10-6-5-9-15(16)18(17(21)23,19-14(2)22)13-20-11-7-4-8-12-20/h5-6,9-10H,3-4,7-8,11-13H2,1-2H3,(H,19,22)/t18-/m0/s1. The highest BCUT2D eigenvalue weighted by Gasteiger charge is 2.51. The van der Waals surface area contributed by atoms with Crippen LogP contribution in [0.1, 0.15) is 38.7 Å². The lowest BCUT2D eigenvalue weighted by molar-refractivity contribution is -0.131. The van der Waals surface area contributed by atoms with Crippen LogP contribution in [0.15, 0.2) is 24.3 Å². The molecule has 0 spiro atoms. The molecule has 5 heteroatoms. The summed E-state index contributed by atoms with van der Waals surface area (Å²) in [5.41, 5.74) is 0.897. The number of nitrogens with zero attached hydrogens (tertiary/aromatic N) is 2. The molecular weight excluding hydrogens is 290 g/mol. The van der Waals surface area contributed by atoms with Crippen LogP contribution in [0.3, 0.4) is 0 Å². The van der Waals surface area contributed by atoms with Crippen molar-refractivity contribution < 1.29 is 9.59 Å². The average molecular weight is 315 g/mol. The maximum absolute atomic E-state index is 13.2. The molecule has 2 amide bonds. The summed E-state index contributed by atoms with van der Waals surface area (Å²) in [5.74, 6) is -0.176. The van der Waals surface area contributed by atoms with Gasteiger partial charge in [0.05, 0.1) is 0 Å². The number of likely N-dealkylation sites (N-methyl/N-ethyl adjacent to an activating group) is 1. The third-order valence-electron chi connectivity index (χ3n) is 4.88. The van der Waals surface area contributed by atoms with Crippen molar-refractivity contribution in [1.29, 1.82) is 0 Å². The minimum atomic E-state index is -0.949. The van der Waals surface area contributed by atoms with Crippen LogP contribution >= 0.6 is 0 Å². The molecule has 1 fully saturated rings. The van der Waals surface area contributed by atoms with Crippen molar-refractivity contribution in [2.24, 2.45) is 0 Å². The molecule has 2 aliphatic rings. The third kappa shape index (κ3) is 2.74. The van der Waals surface area contributed by atoms with E-state index in [1.807, 2.05) is 31.2 Å². The fourth-order valence-corrected chi connectivity index (χ4v) is 3.91. The van der Waals surface area contributed by atoms with E-state index >= 15 is 0 Å². The van der Waals surface area contributed by atoms with Crippen molar-refractivity contribution in [2.75, 3.05) is 31.1 Å². The van der Waals surface area contributed by atoms with E-state index in [0.29, 0.717) is 13.1 Å². The van der Waals surface area contributed by atoms with E-state index in [9.17, 15) is 9.59 Å². The quantitative estimate of drug-likeness (QED) is 0.923. The first kappa shape index (κ1) is 16.0. The zero-order chi connectivity index (χ0) is 16.4. The predicted molar refractivity (Wildman–Crippen MR) is 90.3 cm³/mol. The van der Waals surface area contributed by atoms with Crippen LogP contribution in [0.25, 0.3) is 0 Å². The number of benzene rings is 1. The Morgan fingerprint density at radius 3 is 2.57 bits per heavy atom. The summed E-state index contributed by atoms with van der Waals surface area (Å²) in [4.78, 5) is 29.2. The topological polar surface area (TPSA) is 52.7 Å². The summed E-state index contributed by atoms with van der Waals surface area (Å²) in [7, 11) is 0. The van der Waals surface area contributed by atoms with Gasteiger partial charge in [-0.2, -0.15) is 0 Å². The van der Waals surface area contributed by atoms with Crippen LogP contribution in [0.4, 0.5) is 5.69 Å². The van der Waals surface area contributed by atoms with E-state index in [1.54, 1.807) is 4.90 Å². The number of anilines is 1. The van der Waals surface area contributed by atoms with Gasteiger partial charge in [0, 0.05) is 31.3 Å². The van der Waals surface area contributed by atoms with Crippen LogP contribution in [0, 0.1) is 0 Å². The molecule has 2 aliphatic heterocycles. The molecule has 0 radical (unpaired) electrons. The van der Waals surface area contributed by atoms with Crippen molar-refractivity contribution in [1.82, 2.24) is 10.2 Å². The number of carbonyl (C=O) groups excluding carboxylic acids is 2. The Hall–Kier alpha value is -1.88. The summed E-state index contributed by atoms with van der Waals surface area (Å²) >= 11 is 0. The Bertz CT molecular complexity index is 610. The lowest BCUT2D eigenvalue weighted by atomic mass is 9.89. The van der Waals surface area contributed by atoms with Gasteiger partial charge in [-0.1, -0.05) is 24.6 Å². The molecule has 0 aliphatic carbocycles. The number of hydrogen-bond acceptors (Lipinski definition) is 3. The average Bonchev–Trinajstić information content (AvgIpc) is 2.77. The van der Waals surface area contributed by atoms with Gasteiger partial charge in [0.15, 0.2) is 5.54 Å². The molecule has 3 rings (SSSR count). The fourth-order valence-electron chi connectivity index (χ4n) is 3.91. The minimum absolute atomic E-state index is 0.0121. The monoisotopic (exact) mass is 315 g/mol. The maximum Gasteiger partial charge on any atom is 0.258 e. The van der Waals surface area contributed by atoms with Gasteiger partial charge in [-0.15, -0.1) is 0 Å². The van der Waals surface area contributed by atoms with Crippen LogP contribution in [-0.2, 0) is 15.1 Å². The molecule has 1 atom stereocenters. The number of para-hydroxylation sites is 1. The van der Waals surface area contributed by atoms with Gasteiger partial charge in [-0.3, -0.25) is 9.59 Å². The number of fused-ring (bicyclic) bond motifs is 1. The molecule has 0 aromatic heterocycles. The first-order chi connectivity index (χ1) is 11.1. The van der Waals surface area contributed by atoms with Crippen molar-refractivity contribution in [3.8, 4) is 0 Å². The number of rotatable bonds is 4. The highest BCUT2D eigenvalue weighted by molar-refractivity contribution is 6.09. The minimum Gasteiger partial charge on any atom is -0.337 e. The van der Waals surface area contributed by atoms with E-state index in [1.165, 1.54) is 13.3 Å². The molecule has 23 heavy (non-hydrogen) atoms. The first-order valence-electron chi connectivity index (χ1n) is 8.51. The highest BCUT2D eigenvalue weighted by Crippen LogP contribution is 2.41. The zero-order valence-corrected chi connectivity index (χ0v) is 14.0. The predicted octanol–water partition coefficient (Wildman–Crippen LogP) is 1.87. The van der Waals surface area contributed by atoms with E-state index < -0.39 is 5.54 Å². The molecule has 1 aromatic rings. The lowest BCUT2D eigenvalue weighted by Gasteiger charge is -2.36. The number of hydrogen-bond donors (Lipinski definition) is 1. The second kappa shape index (κ2) is 6.32. The second-order valence-electron chi connectivity index (χ2n) is 6.49. The largest absolute Gasteiger partial charge is 0.337 e. The second-order valence-corrected chi connectivity index (χ2v) is 6.49. The molecule has 1 N–H and O–H groups in total. The molecule has 0 unspecified atom stereocenters. The van der Waals surface area contributed by atoms with Crippen molar-refractivity contribution in [3.63, 3.8) is 0 Å². The molecule has 2 heterocycles. The van der Waals surface area contributed by atoms with Gasteiger partial charge in [0.2, 0.25) is 5.91 Å². The Balaban J connectivity index is 2.03. The lowest BCUT2D eigenvalue weighted by Crippen LogP contribution is -2.59. The van der Waals surface area contributed by atoms with Gasteiger partial charge in [-0.05, 0) is 38.9 Å². The molecule has 5 nitrogen and oxygen atoms in total. The Labute approximate surface area is 137 Å². The summed E-state index contributed by atoms with van der Waals surface area (Å²) in [6.07, 6.45) is 3.56. The van der Waals surface area contributed by atoms with Crippen molar-refractivity contribution in [2.45, 2.75) is 38.6 Å². The Morgan fingerprint density at radius 2 is 1.91 bits per heavy atom. The third-order valence-corrected chi connectivity index (χ3v) is 4.88. The van der Waals surface area contributed by atoms with Gasteiger partial charge >= 0.3 is 0 Å². The van der Waals surface area contributed by atoms with E-state index in [-0.39, 0.29) is 11.8 Å². The van der Waals surface area contributed by atoms with Crippen molar-refractivity contribution in [3.05, 3.63) is 29.8 Å². The molecule has 0 bridgehead atoms. The summed E-state index contributed by atoms with van der Waals surface area (Å²) in [6, 6.07) is 7.83. The SMILES string of the molecule is CCN1C(=O)[C@@](CN2CCCCC2)(NC(C)=O)c2ccccc21. The number of likely N-dealkylation sites (tertiary alicyclic amines) is 1. The van der Waals surface area contributed by atoms with Crippen LogP contribution in [-0.4, -0.2) is 42.9 Å².